The summed E-state index contributed by atoms with van der Waals surface area (Å²) >= 11 is 0. The van der Waals surface area contributed by atoms with Crippen LogP contribution in [0, 0.1) is 11.3 Å². The third-order valence-corrected chi connectivity index (χ3v) is 3.90. The Hall–Kier alpha value is -0.870. The van der Waals surface area contributed by atoms with Crippen molar-refractivity contribution in [2.45, 2.75) is 19.4 Å². The van der Waals surface area contributed by atoms with Crippen molar-refractivity contribution < 1.29 is 19.4 Å². The van der Waals surface area contributed by atoms with Crippen LogP contribution >= 0.6 is 0 Å². The number of aliphatic hydroxyl groups is 1. The minimum absolute atomic E-state index is 0.0216. The Balaban J connectivity index is 2.08. The molecule has 2 heterocycles. The van der Waals surface area contributed by atoms with Crippen LogP contribution in [0.4, 0.5) is 0 Å². The Morgan fingerprint density at radius 2 is 2.33 bits per heavy atom. The van der Waals surface area contributed by atoms with Gasteiger partial charge < -0.3 is 14.6 Å². The predicted molar refractivity (Wildman–Crippen MR) is 51.0 cm³/mol. The molecule has 0 unspecified atom stereocenters. The fraction of sp³-hybridized carbons (Fsp3) is 0.727. The van der Waals surface area contributed by atoms with Crippen molar-refractivity contribution in [3.63, 3.8) is 0 Å². The summed E-state index contributed by atoms with van der Waals surface area (Å²) in [5.41, 5.74) is 1.45. The molecular formula is C11H14O4. The minimum atomic E-state index is -0.669. The van der Waals surface area contributed by atoms with Gasteiger partial charge in [0.2, 0.25) is 0 Å². The zero-order valence-corrected chi connectivity index (χ0v) is 8.66. The smallest absolute Gasteiger partial charge is 0.337 e. The number of ether oxygens (including phenoxy) is 2. The van der Waals surface area contributed by atoms with E-state index in [4.69, 9.17) is 9.47 Å². The fourth-order valence-corrected chi connectivity index (χ4v) is 3.05. The quantitative estimate of drug-likeness (QED) is 0.582. The van der Waals surface area contributed by atoms with E-state index < -0.39 is 6.10 Å². The molecule has 3 rings (SSSR count). The van der Waals surface area contributed by atoms with Crippen molar-refractivity contribution in [1.29, 1.82) is 0 Å². The van der Waals surface area contributed by atoms with E-state index in [9.17, 15) is 9.90 Å². The summed E-state index contributed by atoms with van der Waals surface area (Å²) in [7, 11) is 0. The maximum Gasteiger partial charge on any atom is 0.337 e. The van der Waals surface area contributed by atoms with E-state index in [1.54, 1.807) is 0 Å². The van der Waals surface area contributed by atoms with Gasteiger partial charge in [-0.25, -0.2) is 4.79 Å². The van der Waals surface area contributed by atoms with Gasteiger partial charge in [-0.1, -0.05) is 6.92 Å². The lowest BCUT2D eigenvalue weighted by Gasteiger charge is -2.36. The Morgan fingerprint density at radius 1 is 1.53 bits per heavy atom. The van der Waals surface area contributed by atoms with Gasteiger partial charge in [0.1, 0.15) is 6.61 Å². The zero-order valence-electron chi connectivity index (χ0n) is 8.66. The largest absolute Gasteiger partial charge is 0.458 e. The maximum atomic E-state index is 11.4. The molecule has 0 spiro atoms. The van der Waals surface area contributed by atoms with Crippen molar-refractivity contribution in [3.8, 4) is 0 Å². The van der Waals surface area contributed by atoms with Gasteiger partial charge in [0.15, 0.2) is 0 Å². The molecule has 1 fully saturated rings. The molecule has 2 aliphatic heterocycles. The summed E-state index contributed by atoms with van der Waals surface area (Å²) in [6.07, 6.45) is -0.0658. The Morgan fingerprint density at radius 3 is 3.13 bits per heavy atom. The zero-order chi connectivity index (χ0) is 10.6. The van der Waals surface area contributed by atoms with Crippen LogP contribution < -0.4 is 0 Å². The molecule has 15 heavy (non-hydrogen) atoms. The molecule has 0 aromatic heterocycles. The Bertz CT molecular complexity index is 360. The highest BCUT2D eigenvalue weighted by Crippen LogP contribution is 2.49. The van der Waals surface area contributed by atoms with Crippen molar-refractivity contribution in [3.05, 3.63) is 11.1 Å². The number of carbonyl (C=O) groups excluding carboxylic acids is 1. The predicted octanol–water partition coefficient (Wildman–Crippen LogP) is 0.257. The molecular weight excluding hydrogens is 196 g/mol. The molecule has 3 atom stereocenters. The summed E-state index contributed by atoms with van der Waals surface area (Å²) in [5.74, 6) is -0.0891. The van der Waals surface area contributed by atoms with Gasteiger partial charge in [-0.15, -0.1) is 0 Å². The number of hydrogen-bond donors (Lipinski definition) is 1. The van der Waals surface area contributed by atoms with E-state index in [1.165, 1.54) is 0 Å². The topological polar surface area (TPSA) is 55.8 Å². The van der Waals surface area contributed by atoms with Gasteiger partial charge in [-0.05, 0) is 12.0 Å². The second-order valence-corrected chi connectivity index (χ2v) is 4.96. The first-order valence-corrected chi connectivity index (χ1v) is 5.28. The minimum Gasteiger partial charge on any atom is -0.458 e. The maximum absolute atomic E-state index is 11.4. The molecule has 0 saturated carbocycles. The summed E-state index contributed by atoms with van der Waals surface area (Å²) < 4.78 is 10.5. The molecule has 4 heteroatoms. The normalized spacial score (nSPS) is 44.0. The molecule has 0 bridgehead atoms. The number of carbonyl (C=O) groups is 1. The van der Waals surface area contributed by atoms with E-state index in [0.29, 0.717) is 31.8 Å². The molecule has 1 aliphatic carbocycles. The molecule has 1 saturated heterocycles. The van der Waals surface area contributed by atoms with Gasteiger partial charge in [0, 0.05) is 11.3 Å². The van der Waals surface area contributed by atoms with Crippen LogP contribution in [0.15, 0.2) is 11.1 Å². The second kappa shape index (κ2) is 2.83. The molecule has 0 radical (unpaired) electrons. The number of cyclic esters (lactones) is 1. The first kappa shape index (κ1) is 9.36. The van der Waals surface area contributed by atoms with E-state index in [2.05, 4.69) is 6.92 Å². The first-order chi connectivity index (χ1) is 7.12. The molecule has 0 aromatic rings. The lowest BCUT2D eigenvalue weighted by atomic mass is 9.66. The average Bonchev–Trinajstić information content (AvgIpc) is 2.69. The van der Waals surface area contributed by atoms with Crippen molar-refractivity contribution in [2.24, 2.45) is 11.3 Å². The molecule has 4 nitrogen and oxygen atoms in total. The summed E-state index contributed by atoms with van der Waals surface area (Å²) in [6, 6.07) is 0. The van der Waals surface area contributed by atoms with Crippen molar-refractivity contribution in [1.82, 2.24) is 0 Å². The van der Waals surface area contributed by atoms with Gasteiger partial charge in [-0.3, -0.25) is 0 Å². The monoisotopic (exact) mass is 210 g/mol. The Labute approximate surface area is 87.9 Å². The van der Waals surface area contributed by atoms with Gasteiger partial charge in [0.25, 0.3) is 0 Å². The van der Waals surface area contributed by atoms with E-state index in [-0.39, 0.29) is 17.3 Å². The highest BCUT2D eigenvalue weighted by molar-refractivity contribution is 5.93. The molecule has 1 N–H and O–H groups in total. The van der Waals surface area contributed by atoms with Crippen LogP contribution in [0.2, 0.25) is 0 Å². The lowest BCUT2D eigenvalue weighted by molar-refractivity contribution is -0.137. The van der Waals surface area contributed by atoms with E-state index in [1.807, 2.05) is 0 Å². The third kappa shape index (κ3) is 1.12. The number of rotatable bonds is 0. The molecule has 0 aromatic carbocycles. The molecule has 3 aliphatic rings. The highest BCUT2D eigenvalue weighted by Gasteiger charge is 2.51. The van der Waals surface area contributed by atoms with E-state index in [0.717, 1.165) is 5.57 Å². The van der Waals surface area contributed by atoms with E-state index >= 15 is 0 Å². The second-order valence-electron chi connectivity index (χ2n) is 4.96. The van der Waals surface area contributed by atoms with Crippen molar-refractivity contribution in [2.75, 3.05) is 19.8 Å². The summed E-state index contributed by atoms with van der Waals surface area (Å²) in [5, 5.41) is 9.95. The summed E-state index contributed by atoms with van der Waals surface area (Å²) in [6.45, 7) is 3.77. The van der Waals surface area contributed by atoms with Crippen LogP contribution in [-0.4, -0.2) is 37.0 Å². The van der Waals surface area contributed by atoms with Crippen LogP contribution in [0.1, 0.15) is 13.3 Å². The Kier molecular flexibility index (Phi) is 1.77. The van der Waals surface area contributed by atoms with Gasteiger partial charge in [0.05, 0.1) is 24.9 Å². The number of aliphatic hydroxyl groups excluding tert-OH is 1. The van der Waals surface area contributed by atoms with Crippen molar-refractivity contribution >= 4 is 5.97 Å². The number of esters is 1. The van der Waals surface area contributed by atoms with Crippen LogP contribution in [0.25, 0.3) is 0 Å². The van der Waals surface area contributed by atoms with Gasteiger partial charge >= 0.3 is 5.97 Å². The number of hydrogen-bond acceptors (Lipinski definition) is 4. The lowest BCUT2D eigenvalue weighted by Crippen LogP contribution is -2.38. The van der Waals surface area contributed by atoms with Gasteiger partial charge in [-0.2, -0.15) is 0 Å². The van der Waals surface area contributed by atoms with Crippen LogP contribution in [0.3, 0.4) is 0 Å². The number of fused-ring (bicyclic) bond motifs is 2. The third-order valence-electron chi connectivity index (χ3n) is 3.90. The average molecular weight is 210 g/mol. The molecule has 0 amide bonds. The summed E-state index contributed by atoms with van der Waals surface area (Å²) in [4.78, 5) is 11.4. The SMILES string of the molecule is C[C@]12COC[C@H]1C1=C(C(=O)OC1)[C@H](O)C2. The standard InChI is InChI=1S/C11H14O4/c1-11-2-8(12)9-6(3-15-10(9)13)7(11)4-14-5-11/h7-8,12H,2-5H2,1H3/t7-,8+,11-/m0/s1. The van der Waals surface area contributed by atoms with Crippen LogP contribution in [0.5, 0.6) is 0 Å². The molecule has 82 valence electrons. The highest BCUT2D eigenvalue weighted by atomic mass is 16.5. The first-order valence-electron chi connectivity index (χ1n) is 5.28. The van der Waals surface area contributed by atoms with Crippen LogP contribution in [-0.2, 0) is 14.3 Å². The fourth-order valence-electron chi connectivity index (χ4n) is 3.05.